The highest BCUT2D eigenvalue weighted by atomic mass is 32.1. The molecule has 0 bridgehead atoms. The molecule has 0 unspecified atom stereocenters. The summed E-state index contributed by atoms with van der Waals surface area (Å²) >= 11 is 5.21. The first kappa shape index (κ1) is 13.4. The highest BCUT2D eigenvalue weighted by molar-refractivity contribution is 7.80. The number of benzene rings is 1. The Labute approximate surface area is 117 Å². The number of thiocarbonyl (C=S) groups is 1. The van der Waals surface area contributed by atoms with E-state index in [0.29, 0.717) is 18.3 Å². The van der Waals surface area contributed by atoms with Gasteiger partial charge in [0.15, 0.2) is 5.11 Å². The molecule has 0 atom stereocenters. The van der Waals surface area contributed by atoms with Crippen LogP contribution in [0.15, 0.2) is 47.3 Å². The van der Waals surface area contributed by atoms with E-state index in [1.165, 1.54) is 0 Å². The fourth-order valence-corrected chi connectivity index (χ4v) is 1.74. The average Bonchev–Trinajstić information content (AvgIpc) is 2.92. The maximum absolute atomic E-state index is 5.38. The van der Waals surface area contributed by atoms with Crippen molar-refractivity contribution in [3.05, 3.63) is 48.4 Å². The van der Waals surface area contributed by atoms with E-state index in [-0.39, 0.29) is 0 Å². The van der Waals surface area contributed by atoms with Crippen LogP contribution in [0.25, 0.3) is 0 Å². The summed E-state index contributed by atoms with van der Waals surface area (Å²) in [6.45, 7) is 3.26. The minimum Gasteiger partial charge on any atom is -0.494 e. The Hall–Kier alpha value is -2.01. The van der Waals surface area contributed by atoms with Gasteiger partial charge >= 0.3 is 0 Å². The lowest BCUT2D eigenvalue weighted by atomic mass is 10.3. The van der Waals surface area contributed by atoms with Crippen molar-refractivity contribution in [3.8, 4) is 5.75 Å². The lowest BCUT2D eigenvalue weighted by Gasteiger charge is -2.10. The number of anilines is 1. The van der Waals surface area contributed by atoms with E-state index in [1.807, 2.05) is 37.3 Å². The van der Waals surface area contributed by atoms with Crippen molar-refractivity contribution in [1.29, 1.82) is 0 Å². The Morgan fingerprint density at radius 2 is 2.05 bits per heavy atom. The van der Waals surface area contributed by atoms with E-state index < -0.39 is 0 Å². The van der Waals surface area contributed by atoms with E-state index >= 15 is 0 Å². The second kappa shape index (κ2) is 6.80. The summed E-state index contributed by atoms with van der Waals surface area (Å²) in [5, 5.41) is 6.78. The molecule has 1 aromatic heterocycles. The van der Waals surface area contributed by atoms with Gasteiger partial charge in [-0.25, -0.2) is 0 Å². The molecular weight excluding hydrogens is 260 g/mol. The third-order valence-electron chi connectivity index (χ3n) is 2.46. The number of hydrogen-bond donors (Lipinski definition) is 2. The van der Waals surface area contributed by atoms with Gasteiger partial charge in [-0.15, -0.1) is 0 Å². The van der Waals surface area contributed by atoms with Gasteiger partial charge in [-0.05, 0) is 49.5 Å². The molecule has 4 nitrogen and oxygen atoms in total. The van der Waals surface area contributed by atoms with Crippen LogP contribution >= 0.6 is 12.2 Å². The Morgan fingerprint density at radius 3 is 2.68 bits per heavy atom. The van der Waals surface area contributed by atoms with Crippen LogP contribution in [0.1, 0.15) is 12.5 Å². The maximum atomic E-state index is 5.38. The van der Waals surface area contributed by atoms with Crippen molar-refractivity contribution >= 4 is 23.0 Å². The summed E-state index contributed by atoms with van der Waals surface area (Å²) in [5.41, 5.74) is 1.98. The summed E-state index contributed by atoms with van der Waals surface area (Å²) in [5.74, 6) is 0.852. The van der Waals surface area contributed by atoms with Crippen molar-refractivity contribution in [1.82, 2.24) is 5.32 Å². The van der Waals surface area contributed by atoms with Gasteiger partial charge in [-0.1, -0.05) is 0 Å². The van der Waals surface area contributed by atoms with Crippen LogP contribution in [0.5, 0.6) is 5.75 Å². The third-order valence-corrected chi connectivity index (χ3v) is 2.70. The lowest BCUT2D eigenvalue weighted by molar-refractivity contribution is 0.340. The minimum absolute atomic E-state index is 0.574. The highest BCUT2D eigenvalue weighted by Crippen LogP contribution is 2.15. The van der Waals surface area contributed by atoms with Crippen molar-refractivity contribution in [2.45, 2.75) is 13.5 Å². The SMILES string of the molecule is CCOc1ccc(NC(=S)NCc2ccoc2)cc1. The molecule has 2 N–H and O–H groups in total. The van der Waals surface area contributed by atoms with E-state index in [0.717, 1.165) is 17.0 Å². The maximum Gasteiger partial charge on any atom is 0.171 e. The summed E-state index contributed by atoms with van der Waals surface area (Å²) in [6.07, 6.45) is 3.33. The molecule has 5 heteroatoms. The van der Waals surface area contributed by atoms with Gasteiger partial charge in [0.05, 0.1) is 19.1 Å². The zero-order valence-corrected chi connectivity index (χ0v) is 11.5. The van der Waals surface area contributed by atoms with Gasteiger partial charge in [0, 0.05) is 17.8 Å². The van der Waals surface area contributed by atoms with Crippen LogP contribution in [-0.2, 0) is 6.54 Å². The second-order valence-corrected chi connectivity index (χ2v) is 4.30. The molecule has 0 aliphatic heterocycles. The Balaban J connectivity index is 1.81. The molecule has 100 valence electrons. The molecule has 0 fully saturated rings. The standard InChI is InChI=1S/C14H16N2O2S/c1-2-18-13-5-3-12(4-6-13)16-14(19)15-9-11-7-8-17-10-11/h3-8,10H,2,9H2,1H3,(H2,15,16,19). The molecule has 19 heavy (non-hydrogen) atoms. The van der Waals surface area contributed by atoms with Gasteiger partial charge in [0.25, 0.3) is 0 Å². The van der Waals surface area contributed by atoms with Crippen molar-refractivity contribution in [2.75, 3.05) is 11.9 Å². The van der Waals surface area contributed by atoms with Crippen molar-refractivity contribution < 1.29 is 9.15 Å². The number of nitrogens with one attached hydrogen (secondary N) is 2. The summed E-state index contributed by atoms with van der Waals surface area (Å²) < 4.78 is 10.4. The number of hydrogen-bond acceptors (Lipinski definition) is 3. The number of ether oxygens (including phenoxy) is 1. The van der Waals surface area contributed by atoms with Crippen molar-refractivity contribution in [3.63, 3.8) is 0 Å². The molecular formula is C14H16N2O2S. The second-order valence-electron chi connectivity index (χ2n) is 3.90. The Morgan fingerprint density at radius 1 is 1.26 bits per heavy atom. The summed E-state index contributed by atoms with van der Waals surface area (Å²) in [6, 6.07) is 9.56. The molecule has 2 aromatic rings. The first-order valence-corrected chi connectivity index (χ1v) is 6.47. The van der Waals surface area contributed by atoms with Crippen LogP contribution in [0, 0.1) is 0 Å². The van der Waals surface area contributed by atoms with Gasteiger partial charge in [0.1, 0.15) is 5.75 Å². The fraction of sp³-hybridized carbons (Fsp3) is 0.214. The zero-order chi connectivity index (χ0) is 13.5. The first-order chi connectivity index (χ1) is 9.28. The predicted molar refractivity (Wildman–Crippen MR) is 79.4 cm³/mol. The third kappa shape index (κ3) is 4.30. The normalized spacial score (nSPS) is 9.95. The van der Waals surface area contributed by atoms with E-state index in [4.69, 9.17) is 21.4 Å². The molecule has 2 rings (SSSR count). The average molecular weight is 276 g/mol. The molecule has 0 radical (unpaired) electrons. The van der Waals surface area contributed by atoms with Crippen molar-refractivity contribution in [2.24, 2.45) is 0 Å². The van der Waals surface area contributed by atoms with Crippen LogP contribution in [-0.4, -0.2) is 11.7 Å². The smallest absolute Gasteiger partial charge is 0.171 e. The van der Waals surface area contributed by atoms with Crippen LogP contribution in [0.4, 0.5) is 5.69 Å². The van der Waals surface area contributed by atoms with E-state index in [1.54, 1.807) is 12.5 Å². The molecule has 1 aromatic carbocycles. The fourth-order valence-electron chi connectivity index (χ4n) is 1.55. The quantitative estimate of drug-likeness (QED) is 0.821. The molecule has 0 saturated heterocycles. The zero-order valence-electron chi connectivity index (χ0n) is 10.7. The monoisotopic (exact) mass is 276 g/mol. The Kier molecular flexibility index (Phi) is 4.80. The van der Waals surface area contributed by atoms with Gasteiger partial charge < -0.3 is 19.8 Å². The molecule has 0 aliphatic rings. The molecule has 0 saturated carbocycles. The summed E-state index contributed by atoms with van der Waals surface area (Å²) in [7, 11) is 0. The molecule has 1 heterocycles. The molecule has 0 spiro atoms. The number of furan rings is 1. The highest BCUT2D eigenvalue weighted by Gasteiger charge is 1.99. The van der Waals surface area contributed by atoms with E-state index in [9.17, 15) is 0 Å². The van der Waals surface area contributed by atoms with Crippen LogP contribution in [0.2, 0.25) is 0 Å². The first-order valence-electron chi connectivity index (χ1n) is 6.06. The van der Waals surface area contributed by atoms with Crippen LogP contribution < -0.4 is 15.4 Å². The van der Waals surface area contributed by atoms with Crippen LogP contribution in [0.3, 0.4) is 0 Å². The van der Waals surface area contributed by atoms with Gasteiger partial charge in [-0.3, -0.25) is 0 Å². The topological polar surface area (TPSA) is 46.4 Å². The predicted octanol–water partition coefficient (Wildman–Crippen LogP) is 3.16. The number of rotatable bonds is 5. The Bertz CT molecular complexity index is 509. The summed E-state index contributed by atoms with van der Waals surface area (Å²) in [4.78, 5) is 0. The molecule has 0 amide bonds. The van der Waals surface area contributed by atoms with E-state index in [2.05, 4.69) is 10.6 Å². The largest absolute Gasteiger partial charge is 0.494 e. The van der Waals surface area contributed by atoms with Gasteiger partial charge in [0.2, 0.25) is 0 Å². The molecule has 0 aliphatic carbocycles. The van der Waals surface area contributed by atoms with Gasteiger partial charge in [-0.2, -0.15) is 0 Å². The minimum atomic E-state index is 0.574. The lowest BCUT2D eigenvalue weighted by Crippen LogP contribution is -2.27.